The van der Waals surface area contributed by atoms with Gasteiger partial charge in [-0.2, -0.15) is 4.98 Å². The second kappa shape index (κ2) is 5.99. The van der Waals surface area contributed by atoms with E-state index in [0.717, 1.165) is 22.1 Å². The molecule has 0 aliphatic heterocycles. The molecule has 1 aromatic carbocycles. The van der Waals surface area contributed by atoms with E-state index in [1.165, 1.54) is 0 Å². The van der Waals surface area contributed by atoms with Crippen molar-refractivity contribution in [3.8, 4) is 22.3 Å². The van der Waals surface area contributed by atoms with Crippen molar-refractivity contribution < 1.29 is 0 Å². The van der Waals surface area contributed by atoms with Crippen LogP contribution < -0.4 is 11.5 Å². The first-order valence-electron chi connectivity index (χ1n) is 7.51. The van der Waals surface area contributed by atoms with E-state index in [2.05, 4.69) is 19.9 Å². The Bertz CT molecular complexity index is 1080. The summed E-state index contributed by atoms with van der Waals surface area (Å²) in [6, 6.07) is 11.4. The lowest BCUT2D eigenvalue weighted by Crippen LogP contribution is -2.01. The molecule has 0 spiro atoms. The van der Waals surface area contributed by atoms with Gasteiger partial charge >= 0.3 is 0 Å². The van der Waals surface area contributed by atoms with E-state index in [1.807, 2.05) is 36.4 Å². The Labute approximate surface area is 148 Å². The molecule has 122 valence electrons. The Morgan fingerprint density at radius 2 is 1.80 bits per heavy atom. The highest BCUT2D eigenvalue weighted by Gasteiger charge is 2.16. The van der Waals surface area contributed by atoms with Crippen molar-refractivity contribution in [2.75, 3.05) is 11.5 Å². The SMILES string of the molecule is Nc1ncc2cc(-c3c(Cl)cccc3-c3cccnc3)c(N)nc2n1. The molecule has 0 bridgehead atoms. The van der Waals surface area contributed by atoms with Gasteiger partial charge in [-0.25, -0.2) is 9.97 Å². The maximum absolute atomic E-state index is 6.51. The van der Waals surface area contributed by atoms with E-state index in [4.69, 9.17) is 23.1 Å². The average Bonchev–Trinajstić information content (AvgIpc) is 2.62. The van der Waals surface area contributed by atoms with Crippen LogP contribution in [-0.4, -0.2) is 19.9 Å². The molecule has 7 heteroatoms. The number of benzene rings is 1. The maximum atomic E-state index is 6.51. The molecule has 25 heavy (non-hydrogen) atoms. The molecule has 0 unspecified atom stereocenters. The zero-order valence-electron chi connectivity index (χ0n) is 13.0. The molecule has 4 N–H and O–H groups in total. The van der Waals surface area contributed by atoms with Crippen LogP contribution in [0.3, 0.4) is 0 Å². The lowest BCUT2D eigenvalue weighted by Gasteiger charge is -2.14. The molecule has 0 amide bonds. The summed E-state index contributed by atoms with van der Waals surface area (Å²) >= 11 is 6.51. The number of rotatable bonds is 2. The summed E-state index contributed by atoms with van der Waals surface area (Å²) in [4.78, 5) is 16.7. The zero-order valence-corrected chi connectivity index (χ0v) is 13.8. The van der Waals surface area contributed by atoms with Gasteiger partial charge in [0.2, 0.25) is 5.95 Å². The molecule has 3 heterocycles. The van der Waals surface area contributed by atoms with Crippen LogP contribution >= 0.6 is 11.6 Å². The monoisotopic (exact) mass is 348 g/mol. The molecule has 4 rings (SSSR count). The summed E-state index contributed by atoms with van der Waals surface area (Å²) in [6.45, 7) is 0. The molecule has 0 aliphatic carbocycles. The number of hydrogen-bond donors (Lipinski definition) is 2. The molecule has 0 aliphatic rings. The fraction of sp³-hybridized carbons (Fsp3) is 0. The smallest absolute Gasteiger partial charge is 0.222 e. The van der Waals surface area contributed by atoms with E-state index in [0.29, 0.717) is 22.1 Å². The molecule has 4 aromatic rings. The molecule has 0 fully saturated rings. The predicted molar refractivity (Wildman–Crippen MR) is 99.8 cm³/mol. The molecule has 0 saturated carbocycles. The molecule has 6 nitrogen and oxygen atoms in total. The zero-order chi connectivity index (χ0) is 17.4. The summed E-state index contributed by atoms with van der Waals surface area (Å²) < 4.78 is 0. The third-order valence-electron chi connectivity index (χ3n) is 3.87. The molecular weight excluding hydrogens is 336 g/mol. The molecule has 3 aromatic heterocycles. The van der Waals surface area contributed by atoms with Crippen LogP contribution in [0.25, 0.3) is 33.3 Å². The quantitative estimate of drug-likeness (QED) is 0.574. The lowest BCUT2D eigenvalue weighted by atomic mass is 9.95. The lowest BCUT2D eigenvalue weighted by molar-refractivity contribution is 1.20. The number of pyridine rings is 2. The van der Waals surface area contributed by atoms with Crippen molar-refractivity contribution in [3.05, 3.63) is 60.0 Å². The Morgan fingerprint density at radius 1 is 0.920 bits per heavy atom. The third kappa shape index (κ3) is 2.72. The highest BCUT2D eigenvalue weighted by Crippen LogP contribution is 2.40. The van der Waals surface area contributed by atoms with Crippen LogP contribution in [0.4, 0.5) is 11.8 Å². The average molecular weight is 349 g/mol. The van der Waals surface area contributed by atoms with E-state index in [-0.39, 0.29) is 5.95 Å². The van der Waals surface area contributed by atoms with Crippen LogP contribution in [0.15, 0.2) is 55.0 Å². The molecular formula is C18H13ClN6. The first kappa shape index (κ1) is 15.3. The van der Waals surface area contributed by atoms with Crippen molar-refractivity contribution in [2.24, 2.45) is 0 Å². The van der Waals surface area contributed by atoms with E-state index < -0.39 is 0 Å². The maximum Gasteiger partial charge on any atom is 0.222 e. The van der Waals surface area contributed by atoms with Gasteiger partial charge < -0.3 is 11.5 Å². The number of hydrogen-bond acceptors (Lipinski definition) is 6. The van der Waals surface area contributed by atoms with Crippen molar-refractivity contribution in [1.82, 2.24) is 19.9 Å². The topological polar surface area (TPSA) is 104 Å². The van der Waals surface area contributed by atoms with Crippen molar-refractivity contribution in [3.63, 3.8) is 0 Å². The van der Waals surface area contributed by atoms with Gasteiger partial charge in [-0.3, -0.25) is 4.98 Å². The predicted octanol–water partition coefficient (Wildman–Crippen LogP) is 3.57. The summed E-state index contributed by atoms with van der Waals surface area (Å²) in [5.41, 5.74) is 15.6. The van der Waals surface area contributed by atoms with E-state index in [9.17, 15) is 0 Å². The normalized spacial score (nSPS) is 10.9. The van der Waals surface area contributed by atoms with E-state index >= 15 is 0 Å². The third-order valence-corrected chi connectivity index (χ3v) is 4.19. The van der Waals surface area contributed by atoms with Crippen molar-refractivity contribution >= 4 is 34.4 Å². The Hall–Kier alpha value is -3.25. The molecule has 0 radical (unpaired) electrons. The highest BCUT2D eigenvalue weighted by atomic mass is 35.5. The number of aromatic nitrogens is 4. The number of fused-ring (bicyclic) bond motifs is 1. The van der Waals surface area contributed by atoms with Crippen molar-refractivity contribution in [1.29, 1.82) is 0 Å². The molecule has 0 atom stereocenters. The molecule has 0 saturated heterocycles. The van der Waals surface area contributed by atoms with Gasteiger partial charge in [0.15, 0.2) is 5.65 Å². The number of nitrogens with zero attached hydrogens (tertiary/aromatic N) is 4. The van der Waals surface area contributed by atoms with Crippen LogP contribution in [-0.2, 0) is 0 Å². The highest BCUT2D eigenvalue weighted by molar-refractivity contribution is 6.34. The van der Waals surface area contributed by atoms with Crippen LogP contribution in [0.2, 0.25) is 5.02 Å². The first-order chi connectivity index (χ1) is 12.1. The van der Waals surface area contributed by atoms with Gasteiger partial charge in [0.05, 0.1) is 0 Å². The minimum Gasteiger partial charge on any atom is -0.383 e. The van der Waals surface area contributed by atoms with Gasteiger partial charge in [-0.05, 0) is 23.8 Å². The number of nitrogens with two attached hydrogens (primary N) is 2. The van der Waals surface area contributed by atoms with Gasteiger partial charge in [0.1, 0.15) is 5.82 Å². The van der Waals surface area contributed by atoms with Gasteiger partial charge in [0, 0.05) is 45.7 Å². The summed E-state index contributed by atoms with van der Waals surface area (Å²) in [5, 5.41) is 1.31. The van der Waals surface area contributed by atoms with Gasteiger partial charge in [0.25, 0.3) is 0 Å². The van der Waals surface area contributed by atoms with Crippen LogP contribution in [0.1, 0.15) is 0 Å². The van der Waals surface area contributed by atoms with Gasteiger partial charge in [-0.1, -0.05) is 29.8 Å². The standard InChI is InChI=1S/C18H13ClN6/c19-14-5-1-4-12(10-3-2-6-22-8-10)15(14)13-7-11-9-23-18(21)25-17(11)24-16(13)20/h1-9H,(H4,20,21,23,24,25). The van der Waals surface area contributed by atoms with Crippen molar-refractivity contribution in [2.45, 2.75) is 0 Å². The summed E-state index contributed by atoms with van der Waals surface area (Å²) in [6.07, 6.45) is 5.12. The summed E-state index contributed by atoms with van der Waals surface area (Å²) in [7, 11) is 0. The van der Waals surface area contributed by atoms with Gasteiger partial charge in [-0.15, -0.1) is 0 Å². The minimum atomic E-state index is 0.154. The van der Waals surface area contributed by atoms with Crippen LogP contribution in [0.5, 0.6) is 0 Å². The number of anilines is 2. The number of halogens is 1. The summed E-state index contributed by atoms with van der Waals surface area (Å²) in [5.74, 6) is 0.477. The fourth-order valence-electron chi connectivity index (χ4n) is 2.75. The second-order valence-electron chi connectivity index (χ2n) is 5.47. The Kier molecular flexibility index (Phi) is 3.66. The minimum absolute atomic E-state index is 0.154. The van der Waals surface area contributed by atoms with E-state index in [1.54, 1.807) is 18.6 Å². The fourth-order valence-corrected chi connectivity index (χ4v) is 3.03. The first-order valence-corrected chi connectivity index (χ1v) is 7.89. The largest absolute Gasteiger partial charge is 0.383 e. The Balaban J connectivity index is 2.01. The Morgan fingerprint density at radius 3 is 2.60 bits per heavy atom. The second-order valence-corrected chi connectivity index (χ2v) is 5.87. The number of nitrogen functional groups attached to an aromatic ring is 2. The van der Waals surface area contributed by atoms with Crippen LogP contribution in [0, 0.1) is 0 Å².